The molecule has 0 aliphatic heterocycles. The molecule has 0 saturated carbocycles. The van der Waals surface area contributed by atoms with Gasteiger partial charge in [0.05, 0.1) is 16.5 Å². The minimum Gasteiger partial charge on any atom is -0.457 e. The van der Waals surface area contributed by atoms with E-state index in [1.165, 1.54) is 17.1 Å². The summed E-state index contributed by atoms with van der Waals surface area (Å²) in [5.41, 5.74) is 8.00. The van der Waals surface area contributed by atoms with Crippen molar-refractivity contribution < 1.29 is 9.13 Å². The van der Waals surface area contributed by atoms with E-state index >= 15 is 0 Å². The molecule has 4 N–H and O–H groups in total. The Morgan fingerprint density at radius 2 is 2.06 bits per heavy atom. The summed E-state index contributed by atoms with van der Waals surface area (Å²) in [5.74, 6) is 6.60. The number of halogens is 2. The number of nitriles is 1. The monoisotopic (exact) mass is 523 g/mol. The molecule has 0 fully saturated rings. The molecule has 0 amide bonds. The number of benzene rings is 2. The molecule has 0 spiro atoms. The lowest BCUT2D eigenvalue weighted by molar-refractivity contribution is 0.476. The number of aliphatic imine (C=N–C) groups is 1. The zero-order valence-corrected chi connectivity index (χ0v) is 20.2. The number of aromatic nitrogens is 1. The molecule has 0 radical (unpaired) electrons. The lowest BCUT2D eigenvalue weighted by Crippen LogP contribution is -2.26. The van der Waals surface area contributed by atoms with Gasteiger partial charge in [-0.05, 0) is 70.9 Å². The van der Waals surface area contributed by atoms with Gasteiger partial charge in [0.15, 0.2) is 11.3 Å². The van der Waals surface area contributed by atoms with Crippen molar-refractivity contribution in [1.29, 1.82) is 5.26 Å². The lowest BCUT2D eigenvalue weighted by Gasteiger charge is -2.10. The van der Waals surface area contributed by atoms with E-state index in [4.69, 9.17) is 16.3 Å². The number of nitrogen functional groups attached to an aromatic ring is 2. The standard InChI is InChI=1S/C24H23BrFN7O/c1-16-12-17(28)4-7-22(16)34-18-8-11-33(29)23(13-18)30-9-3-10-32(2)15-31-21-6-5-20(25)24(26)19(21)14-27/h3-9,11-13,15H,10,28-29H2,1-2H3/b9-3-,30-23-,31-15+. The Bertz CT molecular complexity index is 1360. The van der Waals surface area contributed by atoms with Gasteiger partial charge in [-0.2, -0.15) is 5.26 Å². The van der Waals surface area contributed by atoms with E-state index in [1.54, 1.807) is 54.7 Å². The number of pyridine rings is 1. The third kappa shape index (κ3) is 6.24. The predicted molar refractivity (Wildman–Crippen MR) is 135 cm³/mol. The number of anilines is 1. The van der Waals surface area contributed by atoms with Crippen LogP contribution in [0.2, 0.25) is 0 Å². The van der Waals surface area contributed by atoms with Crippen LogP contribution in [0, 0.1) is 24.1 Å². The number of aryl methyl sites for hydroxylation is 1. The highest BCUT2D eigenvalue weighted by Crippen LogP contribution is 2.27. The largest absolute Gasteiger partial charge is 0.457 e. The van der Waals surface area contributed by atoms with Crippen LogP contribution in [0.4, 0.5) is 15.8 Å². The van der Waals surface area contributed by atoms with Crippen molar-refractivity contribution in [2.24, 2.45) is 9.98 Å². The maximum atomic E-state index is 14.0. The number of ether oxygens (including phenoxy) is 1. The highest BCUT2D eigenvalue weighted by molar-refractivity contribution is 9.10. The number of nitrogens with zero attached hydrogens (tertiary/aromatic N) is 5. The zero-order chi connectivity index (χ0) is 24.7. The van der Waals surface area contributed by atoms with E-state index < -0.39 is 5.82 Å². The van der Waals surface area contributed by atoms with Crippen molar-refractivity contribution in [2.45, 2.75) is 6.92 Å². The zero-order valence-electron chi connectivity index (χ0n) is 18.6. The van der Waals surface area contributed by atoms with Crippen molar-refractivity contribution in [2.75, 3.05) is 25.2 Å². The Morgan fingerprint density at radius 1 is 1.26 bits per heavy atom. The maximum absolute atomic E-state index is 14.0. The van der Waals surface area contributed by atoms with Gasteiger partial charge in [-0.15, -0.1) is 0 Å². The second kappa shape index (κ2) is 11.2. The molecule has 0 saturated heterocycles. The molecular weight excluding hydrogens is 501 g/mol. The van der Waals surface area contributed by atoms with E-state index in [1.807, 2.05) is 25.1 Å². The summed E-state index contributed by atoms with van der Waals surface area (Å²) in [6.07, 6.45) is 6.58. The molecule has 10 heteroatoms. The third-order valence-corrected chi connectivity index (χ3v) is 5.26. The fraction of sp³-hybridized carbons (Fsp3) is 0.125. The highest BCUT2D eigenvalue weighted by atomic mass is 79.9. The van der Waals surface area contributed by atoms with E-state index in [9.17, 15) is 9.65 Å². The molecule has 2 aromatic carbocycles. The summed E-state index contributed by atoms with van der Waals surface area (Å²) in [6.45, 7) is 2.39. The fourth-order valence-corrected chi connectivity index (χ4v) is 3.20. The summed E-state index contributed by atoms with van der Waals surface area (Å²) in [4.78, 5) is 10.3. The average Bonchev–Trinajstić information content (AvgIpc) is 2.81. The summed E-state index contributed by atoms with van der Waals surface area (Å²) in [5, 5.41) is 9.17. The van der Waals surface area contributed by atoms with Gasteiger partial charge in [0.25, 0.3) is 0 Å². The summed E-state index contributed by atoms with van der Waals surface area (Å²) in [6, 6.07) is 13.8. The van der Waals surface area contributed by atoms with Crippen molar-refractivity contribution in [3.63, 3.8) is 0 Å². The first-order valence-electron chi connectivity index (χ1n) is 10.1. The summed E-state index contributed by atoms with van der Waals surface area (Å²) < 4.78 is 21.5. The number of hydrogen-bond acceptors (Lipinski definition) is 6. The first-order valence-corrected chi connectivity index (χ1v) is 10.9. The second-order valence-electron chi connectivity index (χ2n) is 7.32. The normalized spacial score (nSPS) is 11.8. The Balaban J connectivity index is 1.67. The van der Waals surface area contributed by atoms with Crippen LogP contribution < -0.4 is 21.8 Å². The third-order valence-electron chi connectivity index (χ3n) is 4.65. The number of hydrogen-bond donors (Lipinski definition) is 2. The van der Waals surface area contributed by atoms with Gasteiger partial charge in [-0.3, -0.25) is 4.68 Å². The van der Waals surface area contributed by atoms with Crippen LogP contribution >= 0.6 is 15.9 Å². The van der Waals surface area contributed by atoms with Gasteiger partial charge in [-0.1, -0.05) is 0 Å². The number of rotatable bonds is 7. The fourth-order valence-electron chi connectivity index (χ4n) is 2.87. The molecule has 1 aromatic heterocycles. The molecule has 34 heavy (non-hydrogen) atoms. The first-order chi connectivity index (χ1) is 16.3. The minimum atomic E-state index is -0.633. The van der Waals surface area contributed by atoms with E-state index in [-0.39, 0.29) is 15.7 Å². The smallest absolute Gasteiger partial charge is 0.157 e. The van der Waals surface area contributed by atoms with Crippen LogP contribution in [0.25, 0.3) is 0 Å². The Hall–Kier alpha value is -4.10. The molecule has 0 unspecified atom stereocenters. The van der Waals surface area contributed by atoms with Gasteiger partial charge < -0.3 is 21.2 Å². The van der Waals surface area contributed by atoms with Gasteiger partial charge in [-0.25, -0.2) is 14.4 Å². The minimum absolute atomic E-state index is 0.117. The summed E-state index contributed by atoms with van der Waals surface area (Å²) >= 11 is 3.06. The van der Waals surface area contributed by atoms with E-state index in [2.05, 4.69) is 25.9 Å². The van der Waals surface area contributed by atoms with E-state index in [0.29, 0.717) is 29.2 Å². The SMILES string of the molecule is Cc1cc(N)ccc1Oc1ccn(N)/c(=N\C=C/CN(C)/C=N/c2ccc(Br)c(F)c2C#N)c1. The molecule has 0 atom stereocenters. The molecule has 3 aromatic rings. The highest BCUT2D eigenvalue weighted by Gasteiger charge is 2.10. The maximum Gasteiger partial charge on any atom is 0.157 e. The van der Waals surface area contributed by atoms with Crippen LogP contribution in [-0.4, -0.2) is 29.5 Å². The van der Waals surface area contributed by atoms with Crippen molar-refractivity contribution in [3.05, 3.63) is 87.8 Å². The second-order valence-corrected chi connectivity index (χ2v) is 8.17. The first kappa shape index (κ1) is 24.5. The van der Waals surface area contributed by atoms with Gasteiger partial charge in [0.2, 0.25) is 0 Å². The molecular formula is C24H23BrFN7O. The van der Waals surface area contributed by atoms with Crippen molar-refractivity contribution in [3.8, 4) is 17.6 Å². The Kier molecular flexibility index (Phi) is 8.05. The quantitative estimate of drug-likeness (QED) is 0.206. The van der Waals surface area contributed by atoms with Crippen molar-refractivity contribution >= 4 is 33.6 Å². The molecule has 0 bridgehead atoms. The van der Waals surface area contributed by atoms with Crippen LogP contribution in [0.5, 0.6) is 11.5 Å². The molecule has 1 heterocycles. The average molecular weight is 524 g/mol. The molecule has 8 nitrogen and oxygen atoms in total. The number of nitrogens with two attached hydrogens (primary N) is 2. The van der Waals surface area contributed by atoms with Crippen LogP contribution in [0.1, 0.15) is 11.1 Å². The molecule has 0 aliphatic rings. The van der Waals surface area contributed by atoms with Gasteiger partial charge in [0, 0.05) is 37.7 Å². The lowest BCUT2D eigenvalue weighted by atomic mass is 10.2. The molecule has 0 aliphatic carbocycles. The number of likely N-dealkylation sites (N-methyl/N-ethyl adjacent to an activating group) is 1. The predicted octanol–water partition coefficient (Wildman–Crippen LogP) is 4.36. The molecule has 3 rings (SSSR count). The molecule has 174 valence electrons. The van der Waals surface area contributed by atoms with Crippen LogP contribution in [0.15, 0.2) is 75.4 Å². The van der Waals surface area contributed by atoms with Crippen molar-refractivity contribution in [1.82, 2.24) is 9.58 Å². The van der Waals surface area contributed by atoms with E-state index in [0.717, 1.165) is 5.56 Å². The Morgan fingerprint density at radius 3 is 2.79 bits per heavy atom. The topological polar surface area (TPSA) is 118 Å². The van der Waals surface area contributed by atoms with Gasteiger partial charge in [0.1, 0.15) is 23.1 Å². The summed E-state index contributed by atoms with van der Waals surface area (Å²) in [7, 11) is 1.79. The van der Waals surface area contributed by atoms with Crippen LogP contribution in [0.3, 0.4) is 0 Å². The van der Waals surface area contributed by atoms with Gasteiger partial charge >= 0.3 is 0 Å². The Labute approximate surface area is 205 Å². The van der Waals surface area contributed by atoms with Crippen LogP contribution in [-0.2, 0) is 0 Å².